The van der Waals surface area contributed by atoms with Crippen molar-refractivity contribution in [1.29, 1.82) is 0 Å². The van der Waals surface area contributed by atoms with E-state index in [4.69, 9.17) is 15.9 Å². The molecule has 1 aromatic carbocycles. The van der Waals surface area contributed by atoms with Crippen LogP contribution in [0.5, 0.6) is 0 Å². The monoisotopic (exact) mass is 1260 g/mol. The van der Waals surface area contributed by atoms with Crippen molar-refractivity contribution in [3.05, 3.63) is 52.1 Å². The van der Waals surface area contributed by atoms with E-state index >= 15 is 0 Å². The Kier molecular flexibility index (Phi) is 30.2. The fraction of sp³-hybridized carbons (Fsp3) is 0.551. The number of anilines is 2. The van der Waals surface area contributed by atoms with Crippen LogP contribution in [0.2, 0.25) is 0 Å². The third-order valence-electron chi connectivity index (χ3n) is 12.7. The Hall–Kier alpha value is -8.31. The van der Waals surface area contributed by atoms with Crippen molar-refractivity contribution in [2.24, 2.45) is 0 Å². The first-order valence-corrected chi connectivity index (χ1v) is 27.0. The number of carbonyl (C=O) groups is 10. The van der Waals surface area contributed by atoms with E-state index < -0.39 is 227 Å². The predicted octanol–water partition coefficient (Wildman–Crippen LogP) is -9.65. The molecule has 0 unspecified atom stereocenters. The zero-order valence-electron chi connectivity index (χ0n) is 46.0. The number of H-pyrrole nitrogens is 1. The van der Waals surface area contributed by atoms with E-state index in [1.807, 2.05) is 0 Å². The highest BCUT2D eigenvalue weighted by molar-refractivity contribution is 7.80. The Balaban J connectivity index is 1.83. The van der Waals surface area contributed by atoms with Crippen LogP contribution < -0.4 is 53.8 Å². The van der Waals surface area contributed by atoms with Crippen molar-refractivity contribution in [1.82, 2.24) is 57.2 Å². The van der Waals surface area contributed by atoms with Gasteiger partial charge in [0.05, 0.1) is 43.9 Å². The number of nitrogens with two attached hydrogens (primary N) is 1. The number of hydrogen-bond acceptors (Lipinski definition) is 27. The minimum absolute atomic E-state index is 0.0187. The van der Waals surface area contributed by atoms with Gasteiger partial charge in [-0.3, -0.25) is 48.1 Å². The summed E-state index contributed by atoms with van der Waals surface area (Å²) in [5, 5.41) is 145. The van der Waals surface area contributed by atoms with Gasteiger partial charge in [0.1, 0.15) is 66.8 Å². The number of benzene rings is 1. The number of nitrogen functional groups attached to an aromatic ring is 1. The van der Waals surface area contributed by atoms with Crippen molar-refractivity contribution in [2.75, 3.05) is 43.1 Å². The number of aliphatic carboxylic acids is 3. The van der Waals surface area contributed by atoms with Crippen LogP contribution in [0.1, 0.15) is 67.4 Å². The van der Waals surface area contributed by atoms with Gasteiger partial charge in [-0.05, 0) is 49.9 Å². The number of carboxylic acids is 3. The lowest BCUT2D eigenvalue weighted by Crippen LogP contribution is -2.58. The highest BCUT2D eigenvalue weighted by atomic mass is 32.1. The topological polar surface area (TPSA) is 627 Å². The standard InChI is InChI=1S/C49H71N13O24S/c50-49-61-41-36(46(82)62-49)55-22(14-54-41)13-51-21-3-1-20(2-4-21)42(78)59-26(47(83)84)7-11-34(71)56-23(5-9-32(69)52-15-28(65)37(74)39(76)30(67)17-63)43(79)58-25(8-12-35(72)73)44(80)57-24(45(81)60-27(19-87)48(85)86)6-10-33(70)53-16-29(66)38(75)40(77)31(68)18-64/h1-4,14,23-31,37-40,51,63-68,74-77,87H,5-13,15-19H2,(H,52,69)(H,53,70)(H,56,71)(H,57,80)(H,58,79)(H,59,78)(H,60,81)(H,72,73)(H,83,84)(H,85,86)(H3,50,54,61,62,82)/t23-,24-,25-,26-,27-,28-,29-,30+,31+,37+,38+,39+,40+/m0/s1. The van der Waals surface area contributed by atoms with Crippen molar-refractivity contribution >= 4 is 94.7 Å². The van der Waals surface area contributed by atoms with Crippen LogP contribution in [-0.4, -0.2) is 257 Å². The number of nitrogens with zero attached hydrogens (tertiary/aromatic N) is 3. The molecule has 482 valence electrons. The number of aromatic nitrogens is 4. The highest BCUT2D eigenvalue weighted by Crippen LogP contribution is 2.14. The van der Waals surface area contributed by atoms with Crippen LogP contribution in [0.25, 0.3) is 11.2 Å². The molecule has 0 bridgehead atoms. The lowest BCUT2D eigenvalue weighted by Gasteiger charge is -2.26. The number of fused-ring (bicyclic) bond motifs is 1. The average molecular weight is 1260 g/mol. The van der Waals surface area contributed by atoms with E-state index in [2.05, 4.69) is 75.1 Å². The minimum atomic E-state index is -2.11. The van der Waals surface area contributed by atoms with Crippen molar-refractivity contribution in [2.45, 2.75) is 137 Å². The van der Waals surface area contributed by atoms with E-state index in [1.54, 1.807) is 0 Å². The maximum absolute atomic E-state index is 14.1. The molecule has 87 heavy (non-hydrogen) atoms. The van der Waals surface area contributed by atoms with E-state index in [0.29, 0.717) is 11.4 Å². The summed E-state index contributed by atoms with van der Waals surface area (Å²) in [6.07, 6.45) is -20.6. The summed E-state index contributed by atoms with van der Waals surface area (Å²) in [6, 6.07) is -3.65. The average Bonchev–Trinajstić information content (AvgIpc) is 2.28. The maximum atomic E-state index is 14.1. The van der Waals surface area contributed by atoms with Gasteiger partial charge in [-0.25, -0.2) is 19.6 Å². The first-order valence-electron chi connectivity index (χ1n) is 26.3. The van der Waals surface area contributed by atoms with Gasteiger partial charge in [0, 0.05) is 55.8 Å². The number of carboxylic acid groups (broad SMARTS) is 3. The molecule has 0 aliphatic rings. The molecule has 0 radical (unpaired) electrons. The van der Waals surface area contributed by atoms with Crippen LogP contribution >= 0.6 is 12.6 Å². The molecule has 0 fully saturated rings. The number of hydrogen-bond donors (Lipinski definition) is 24. The molecule has 0 saturated heterocycles. The number of amides is 7. The van der Waals surface area contributed by atoms with E-state index in [9.17, 15) is 109 Å². The number of aromatic amines is 1. The Morgan fingerprint density at radius 1 is 0.552 bits per heavy atom. The quantitative estimate of drug-likeness (QED) is 0.0236. The molecule has 0 spiro atoms. The molecule has 3 aromatic rings. The smallest absolute Gasteiger partial charge is 0.327 e. The lowest BCUT2D eigenvalue weighted by atomic mass is 10.0. The molecule has 37 nitrogen and oxygen atoms in total. The van der Waals surface area contributed by atoms with E-state index in [-0.39, 0.29) is 29.2 Å². The molecule has 3 rings (SSSR count). The zero-order valence-corrected chi connectivity index (χ0v) is 46.9. The maximum Gasteiger partial charge on any atom is 0.327 e. The molecular weight excluding hydrogens is 1190 g/mol. The fourth-order valence-corrected chi connectivity index (χ4v) is 7.89. The van der Waals surface area contributed by atoms with Gasteiger partial charge < -0.3 is 115 Å². The lowest BCUT2D eigenvalue weighted by molar-refractivity contribution is -0.142. The second-order valence-electron chi connectivity index (χ2n) is 19.4. The molecule has 13 atom stereocenters. The van der Waals surface area contributed by atoms with Crippen LogP contribution in [0.3, 0.4) is 0 Å². The largest absolute Gasteiger partial charge is 0.481 e. The Morgan fingerprint density at radius 3 is 1.45 bits per heavy atom. The second-order valence-corrected chi connectivity index (χ2v) is 19.7. The summed E-state index contributed by atoms with van der Waals surface area (Å²) >= 11 is 3.87. The summed E-state index contributed by atoms with van der Waals surface area (Å²) in [6.45, 7) is -3.56. The Bertz CT molecular complexity index is 2910. The Morgan fingerprint density at radius 2 is 0.989 bits per heavy atom. The van der Waals surface area contributed by atoms with Gasteiger partial charge in [-0.15, -0.1) is 0 Å². The number of carbonyl (C=O) groups excluding carboxylic acids is 7. The molecule has 7 amide bonds. The van der Waals surface area contributed by atoms with Gasteiger partial charge in [0.15, 0.2) is 11.2 Å². The van der Waals surface area contributed by atoms with Gasteiger partial charge in [-0.2, -0.15) is 17.6 Å². The third kappa shape index (κ3) is 24.2. The number of nitrogens with one attached hydrogen (secondary N) is 9. The summed E-state index contributed by atoms with van der Waals surface area (Å²) < 4.78 is 0. The summed E-state index contributed by atoms with van der Waals surface area (Å²) in [4.78, 5) is 157. The molecule has 0 saturated carbocycles. The highest BCUT2D eigenvalue weighted by Gasteiger charge is 2.35. The summed E-state index contributed by atoms with van der Waals surface area (Å²) in [7, 11) is 0. The number of rotatable bonds is 39. The first kappa shape index (κ1) is 72.9. The van der Waals surface area contributed by atoms with Crippen LogP contribution in [0.4, 0.5) is 11.6 Å². The number of aliphatic hydroxyl groups is 10. The summed E-state index contributed by atoms with van der Waals surface area (Å²) in [5.41, 5.74) is 5.61. The van der Waals surface area contributed by atoms with Crippen molar-refractivity contribution < 1.29 is 114 Å². The number of thiol groups is 1. The van der Waals surface area contributed by atoms with Gasteiger partial charge in [0.2, 0.25) is 41.4 Å². The summed E-state index contributed by atoms with van der Waals surface area (Å²) in [5.74, 6) is -13.4. The van der Waals surface area contributed by atoms with Gasteiger partial charge in [0.25, 0.3) is 11.5 Å². The van der Waals surface area contributed by atoms with E-state index in [0.717, 1.165) is 0 Å². The molecule has 2 heterocycles. The predicted molar refractivity (Wildman–Crippen MR) is 297 cm³/mol. The van der Waals surface area contributed by atoms with Crippen LogP contribution in [0, 0.1) is 0 Å². The third-order valence-corrected chi connectivity index (χ3v) is 13.1. The molecule has 38 heteroatoms. The minimum Gasteiger partial charge on any atom is -0.481 e. The van der Waals surface area contributed by atoms with Crippen LogP contribution in [-0.2, 0) is 49.7 Å². The van der Waals surface area contributed by atoms with Gasteiger partial charge >= 0.3 is 17.9 Å². The van der Waals surface area contributed by atoms with Crippen molar-refractivity contribution in [3.63, 3.8) is 0 Å². The number of aliphatic hydroxyl groups excluding tert-OH is 10. The van der Waals surface area contributed by atoms with Crippen molar-refractivity contribution in [3.8, 4) is 0 Å². The Labute approximate surface area is 497 Å². The normalized spacial score (nSPS) is 15.8. The fourth-order valence-electron chi connectivity index (χ4n) is 7.64. The molecule has 0 aliphatic carbocycles. The van der Waals surface area contributed by atoms with Gasteiger partial charge in [-0.1, -0.05) is 0 Å². The van der Waals surface area contributed by atoms with E-state index in [1.165, 1.54) is 30.5 Å². The first-order chi connectivity index (χ1) is 41.0. The molecule has 0 aliphatic heterocycles. The second kappa shape index (κ2) is 36.0. The molecule has 24 N–H and O–H groups in total. The molecule has 2 aromatic heterocycles. The van der Waals surface area contributed by atoms with Crippen LogP contribution in [0.15, 0.2) is 35.3 Å². The SMILES string of the molecule is Nc1nc2ncc(CNc3ccc(C(=O)N[C@@H](CCC(=O)N[C@@H](CCC(=O)NC[C@H](O)[C@@H](O)[C@H](O)[C@H](O)CO)C(=O)N[C@@H](CCC(=O)O)C(=O)N[C@@H](CCC(=O)NC[C@H](O)[C@@H](O)[C@H](O)[C@H](O)CO)C(=O)N[C@@H](CS)C(=O)O)C(=O)O)cc3)nc2c(=O)[nH]1. The molecular formula is C49H71N13O24S. The zero-order chi connectivity index (χ0) is 65.2.